The number of nitrogens with one attached hydrogen (secondary N) is 1. The van der Waals surface area contributed by atoms with E-state index in [-0.39, 0.29) is 5.91 Å². The molecule has 0 bridgehead atoms. The molecule has 0 aliphatic carbocycles. The summed E-state index contributed by atoms with van der Waals surface area (Å²) in [4.78, 5) is 16.4. The summed E-state index contributed by atoms with van der Waals surface area (Å²) in [6.07, 6.45) is 2.89. The van der Waals surface area contributed by atoms with Gasteiger partial charge in [0.1, 0.15) is 6.10 Å². The van der Waals surface area contributed by atoms with Crippen LogP contribution < -0.4 is 5.32 Å². The molecule has 0 spiro atoms. The molecule has 24 heavy (non-hydrogen) atoms. The van der Waals surface area contributed by atoms with Gasteiger partial charge in [0.05, 0.1) is 17.3 Å². The van der Waals surface area contributed by atoms with Crippen molar-refractivity contribution >= 4 is 17.2 Å². The van der Waals surface area contributed by atoms with Gasteiger partial charge in [-0.1, -0.05) is 30.3 Å². The number of carbonyl (C=O) groups is 1. The molecule has 0 aliphatic rings. The van der Waals surface area contributed by atoms with Crippen molar-refractivity contribution in [2.75, 3.05) is 13.2 Å². The second-order valence-electron chi connectivity index (χ2n) is 5.58. The fourth-order valence-corrected chi connectivity index (χ4v) is 2.84. The molecular weight excluding hydrogens is 320 g/mol. The topological polar surface area (TPSA) is 51.2 Å². The van der Waals surface area contributed by atoms with Crippen LogP contribution in [0.15, 0.2) is 42.3 Å². The number of ether oxygens (including phenoxy) is 1. The largest absolute Gasteiger partial charge is 0.368 e. The van der Waals surface area contributed by atoms with E-state index < -0.39 is 6.10 Å². The van der Waals surface area contributed by atoms with Gasteiger partial charge in [-0.05, 0) is 32.3 Å². The van der Waals surface area contributed by atoms with E-state index in [9.17, 15) is 4.79 Å². The summed E-state index contributed by atoms with van der Waals surface area (Å²) >= 11 is 1.65. The molecule has 5 heteroatoms. The first-order valence-corrected chi connectivity index (χ1v) is 8.99. The Bertz CT molecular complexity index is 664. The molecule has 1 amide bonds. The van der Waals surface area contributed by atoms with Crippen molar-refractivity contribution in [3.8, 4) is 11.3 Å². The molecule has 1 heterocycles. The third-order valence-corrected chi connectivity index (χ3v) is 4.41. The van der Waals surface area contributed by atoms with Crippen LogP contribution in [-0.4, -0.2) is 30.1 Å². The van der Waals surface area contributed by atoms with Crippen LogP contribution in [0.5, 0.6) is 0 Å². The molecule has 1 aromatic heterocycles. The number of amides is 1. The summed E-state index contributed by atoms with van der Waals surface area (Å²) in [6.45, 7) is 8.53. The van der Waals surface area contributed by atoms with Gasteiger partial charge in [-0.25, -0.2) is 4.98 Å². The van der Waals surface area contributed by atoms with Gasteiger partial charge in [-0.2, -0.15) is 0 Å². The second kappa shape index (κ2) is 9.35. The van der Waals surface area contributed by atoms with Crippen molar-refractivity contribution in [1.29, 1.82) is 0 Å². The molecule has 2 aromatic rings. The summed E-state index contributed by atoms with van der Waals surface area (Å²) in [5.74, 6) is -0.0753. The van der Waals surface area contributed by atoms with Crippen LogP contribution in [0.25, 0.3) is 11.3 Å². The Kier molecular flexibility index (Phi) is 7.15. The van der Waals surface area contributed by atoms with E-state index in [0.29, 0.717) is 13.2 Å². The molecule has 1 N–H and O–H groups in total. The van der Waals surface area contributed by atoms with Crippen molar-refractivity contribution in [1.82, 2.24) is 10.3 Å². The maximum atomic E-state index is 11.9. The molecule has 0 radical (unpaired) electrons. The van der Waals surface area contributed by atoms with Crippen molar-refractivity contribution < 1.29 is 9.53 Å². The van der Waals surface area contributed by atoms with E-state index in [1.165, 1.54) is 5.56 Å². The maximum absolute atomic E-state index is 11.9. The monoisotopic (exact) mass is 344 g/mol. The molecular formula is C19H24N2O2S. The summed E-state index contributed by atoms with van der Waals surface area (Å²) in [6, 6.07) is 8.32. The number of rotatable bonds is 9. The van der Waals surface area contributed by atoms with Gasteiger partial charge < -0.3 is 10.1 Å². The highest BCUT2D eigenvalue weighted by Gasteiger charge is 2.12. The van der Waals surface area contributed by atoms with Crippen LogP contribution >= 0.6 is 11.3 Å². The Balaban J connectivity index is 1.76. The van der Waals surface area contributed by atoms with Crippen LogP contribution in [0.4, 0.5) is 0 Å². The summed E-state index contributed by atoms with van der Waals surface area (Å²) in [7, 11) is 0. The lowest BCUT2D eigenvalue weighted by Gasteiger charge is -2.12. The third-order valence-electron chi connectivity index (χ3n) is 3.64. The minimum Gasteiger partial charge on any atom is -0.368 e. The van der Waals surface area contributed by atoms with E-state index in [4.69, 9.17) is 4.74 Å². The zero-order chi connectivity index (χ0) is 17.4. The zero-order valence-electron chi connectivity index (χ0n) is 14.2. The Hall–Kier alpha value is -1.98. The van der Waals surface area contributed by atoms with Crippen LogP contribution in [0.2, 0.25) is 0 Å². The molecule has 1 aromatic carbocycles. The van der Waals surface area contributed by atoms with Gasteiger partial charge in [0, 0.05) is 17.5 Å². The minimum absolute atomic E-state index is 0.0753. The predicted octanol–water partition coefficient (Wildman–Crippen LogP) is 3.76. The SMILES string of the molecule is C=CCCOC(C)C(=O)NCCc1ccc(-c2csc(C)n2)cc1. The first-order chi connectivity index (χ1) is 11.6. The summed E-state index contributed by atoms with van der Waals surface area (Å²) in [5.41, 5.74) is 3.32. The van der Waals surface area contributed by atoms with E-state index in [1.807, 2.05) is 6.92 Å². The van der Waals surface area contributed by atoms with Gasteiger partial charge >= 0.3 is 0 Å². The Morgan fingerprint density at radius 2 is 2.17 bits per heavy atom. The molecule has 0 saturated carbocycles. The number of aryl methyl sites for hydroxylation is 1. The lowest BCUT2D eigenvalue weighted by Crippen LogP contribution is -2.35. The quantitative estimate of drug-likeness (QED) is 0.557. The van der Waals surface area contributed by atoms with Gasteiger partial charge in [0.25, 0.3) is 0 Å². The standard InChI is InChI=1S/C19H24N2O2S/c1-4-5-12-23-14(2)19(22)20-11-10-16-6-8-17(9-7-16)18-13-24-15(3)21-18/h4,6-9,13-14H,1,5,10-12H2,2-3H3,(H,20,22). The molecule has 1 unspecified atom stereocenters. The fourth-order valence-electron chi connectivity index (χ4n) is 2.22. The molecule has 4 nitrogen and oxygen atoms in total. The van der Waals surface area contributed by atoms with E-state index in [0.717, 1.165) is 29.1 Å². The van der Waals surface area contributed by atoms with Gasteiger partial charge in [0.15, 0.2) is 0 Å². The summed E-state index contributed by atoms with van der Waals surface area (Å²) in [5, 5.41) is 6.05. The molecule has 0 fully saturated rings. The van der Waals surface area contributed by atoms with Gasteiger partial charge in [-0.3, -0.25) is 4.79 Å². The predicted molar refractivity (Wildman–Crippen MR) is 99.2 cm³/mol. The molecule has 0 saturated heterocycles. The molecule has 2 rings (SSSR count). The lowest BCUT2D eigenvalue weighted by atomic mass is 10.1. The average molecular weight is 344 g/mol. The van der Waals surface area contributed by atoms with Crippen LogP contribution in [-0.2, 0) is 16.0 Å². The third kappa shape index (κ3) is 5.58. The first-order valence-electron chi connectivity index (χ1n) is 8.12. The Labute approximate surface area is 147 Å². The number of hydrogen-bond acceptors (Lipinski definition) is 4. The first kappa shape index (κ1) is 18.4. The number of hydrogen-bond donors (Lipinski definition) is 1. The Morgan fingerprint density at radius 1 is 1.42 bits per heavy atom. The van der Waals surface area contributed by atoms with E-state index in [2.05, 4.69) is 46.5 Å². The number of aromatic nitrogens is 1. The van der Waals surface area contributed by atoms with Crippen molar-refractivity contribution in [3.05, 3.63) is 52.9 Å². The Morgan fingerprint density at radius 3 is 2.79 bits per heavy atom. The molecule has 128 valence electrons. The van der Waals surface area contributed by atoms with Gasteiger partial charge in [-0.15, -0.1) is 17.9 Å². The minimum atomic E-state index is -0.430. The van der Waals surface area contributed by atoms with Crippen molar-refractivity contribution in [3.63, 3.8) is 0 Å². The fraction of sp³-hybridized carbons (Fsp3) is 0.368. The maximum Gasteiger partial charge on any atom is 0.248 e. The number of carbonyl (C=O) groups excluding carboxylic acids is 1. The second-order valence-corrected chi connectivity index (χ2v) is 6.64. The molecule has 1 atom stereocenters. The number of thiazole rings is 1. The molecule has 0 aliphatic heterocycles. The highest BCUT2D eigenvalue weighted by atomic mass is 32.1. The summed E-state index contributed by atoms with van der Waals surface area (Å²) < 4.78 is 5.42. The highest BCUT2D eigenvalue weighted by molar-refractivity contribution is 7.09. The van der Waals surface area contributed by atoms with Crippen LogP contribution in [0, 0.1) is 6.92 Å². The van der Waals surface area contributed by atoms with Gasteiger partial charge in [0.2, 0.25) is 5.91 Å². The van der Waals surface area contributed by atoms with E-state index in [1.54, 1.807) is 24.3 Å². The highest BCUT2D eigenvalue weighted by Crippen LogP contribution is 2.21. The zero-order valence-corrected chi connectivity index (χ0v) is 15.1. The van der Waals surface area contributed by atoms with Crippen molar-refractivity contribution in [2.45, 2.75) is 32.8 Å². The number of benzene rings is 1. The van der Waals surface area contributed by atoms with Crippen LogP contribution in [0.1, 0.15) is 23.9 Å². The normalized spacial score (nSPS) is 11.9. The lowest BCUT2D eigenvalue weighted by molar-refractivity contribution is -0.131. The van der Waals surface area contributed by atoms with E-state index >= 15 is 0 Å². The van der Waals surface area contributed by atoms with Crippen molar-refractivity contribution in [2.24, 2.45) is 0 Å². The number of nitrogens with zero attached hydrogens (tertiary/aromatic N) is 1. The smallest absolute Gasteiger partial charge is 0.248 e. The average Bonchev–Trinajstić information content (AvgIpc) is 3.02. The van der Waals surface area contributed by atoms with Crippen LogP contribution in [0.3, 0.4) is 0 Å².